The smallest absolute Gasteiger partial charge is 0.324 e. The van der Waals surface area contributed by atoms with Crippen molar-refractivity contribution in [3.63, 3.8) is 0 Å². The highest BCUT2D eigenvalue weighted by Crippen LogP contribution is 2.37. The van der Waals surface area contributed by atoms with E-state index >= 15 is 0 Å². The lowest BCUT2D eigenvalue weighted by Gasteiger charge is -2.31. The summed E-state index contributed by atoms with van der Waals surface area (Å²) in [6, 6.07) is 3.75. The molecule has 1 saturated carbocycles. The van der Waals surface area contributed by atoms with Gasteiger partial charge in [-0.1, -0.05) is 17.8 Å². The number of thiazole rings is 1. The second-order valence-electron chi connectivity index (χ2n) is 7.45. The summed E-state index contributed by atoms with van der Waals surface area (Å²) in [5.74, 6) is 0.0916. The van der Waals surface area contributed by atoms with Crippen molar-refractivity contribution in [3.8, 4) is 10.4 Å². The first-order valence-corrected chi connectivity index (χ1v) is 10.1. The van der Waals surface area contributed by atoms with E-state index in [4.69, 9.17) is 5.73 Å². The van der Waals surface area contributed by atoms with Gasteiger partial charge in [0.1, 0.15) is 5.54 Å². The van der Waals surface area contributed by atoms with Gasteiger partial charge in [-0.05, 0) is 50.3 Å². The molecule has 27 heavy (non-hydrogen) atoms. The Hall–Kier alpha value is -2.48. The highest BCUT2D eigenvalue weighted by atomic mass is 32.1. The molecule has 3 N–H and O–H groups in total. The van der Waals surface area contributed by atoms with Crippen molar-refractivity contribution in [2.75, 3.05) is 11.9 Å². The lowest BCUT2D eigenvalue weighted by Crippen LogP contribution is -2.55. The van der Waals surface area contributed by atoms with E-state index in [0.29, 0.717) is 24.0 Å². The maximum Gasteiger partial charge on any atom is 0.324 e. The second kappa shape index (κ2) is 6.92. The molecule has 3 amide bonds. The van der Waals surface area contributed by atoms with Gasteiger partial charge < -0.3 is 10.6 Å². The first kappa shape index (κ1) is 17.9. The molecular weight excluding hydrogens is 362 g/mol. The molecule has 0 spiro atoms. The number of primary amides is 1. The van der Waals surface area contributed by atoms with Crippen molar-refractivity contribution in [1.82, 2.24) is 14.9 Å². The number of carbonyl (C=O) groups excluding carboxylic acids is 2. The number of nitrogens with two attached hydrogens (primary N) is 1. The van der Waals surface area contributed by atoms with Gasteiger partial charge >= 0.3 is 6.03 Å². The van der Waals surface area contributed by atoms with E-state index in [0.717, 1.165) is 22.6 Å². The van der Waals surface area contributed by atoms with E-state index < -0.39 is 11.4 Å². The molecule has 7 nitrogen and oxygen atoms in total. The molecule has 0 aromatic carbocycles. The number of carbonyl (C=O) groups is 2. The Morgan fingerprint density at radius 2 is 2.15 bits per heavy atom. The maximum absolute atomic E-state index is 12.6. The summed E-state index contributed by atoms with van der Waals surface area (Å²) in [5.41, 5.74) is 6.77. The number of hydrogen-bond donors (Lipinski definition) is 2. The van der Waals surface area contributed by atoms with E-state index in [9.17, 15) is 9.59 Å². The number of pyridine rings is 1. The Kier molecular flexibility index (Phi) is 4.59. The number of urea groups is 1. The van der Waals surface area contributed by atoms with Crippen molar-refractivity contribution >= 4 is 28.4 Å². The molecule has 0 bridgehead atoms. The molecule has 2 aromatic rings. The summed E-state index contributed by atoms with van der Waals surface area (Å²) in [6.07, 6.45) is 8.62. The molecule has 2 fully saturated rings. The van der Waals surface area contributed by atoms with Crippen LogP contribution in [0, 0.1) is 0 Å². The molecule has 1 aliphatic carbocycles. The predicted molar refractivity (Wildman–Crippen MR) is 104 cm³/mol. The third-order valence-corrected chi connectivity index (χ3v) is 6.69. The standard InChI is InChI=1S/C19H23N5O2S/c1-19(16(20)25)7-3-9-24(19)18(26)23-17-22-11-15(27-17)13-6-8-21-14(10-13)12-4-2-5-12/h6,8,10-12H,2-5,7,9H2,1H3,(H2,20,25)(H,22,23,26)/t19-/m0/s1. The van der Waals surface area contributed by atoms with Crippen LogP contribution in [0.3, 0.4) is 0 Å². The molecule has 0 radical (unpaired) electrons. The van der Waals surface area contributed by atoms with Crippen LogP contribution in [0.5, 0.6) is 0 Å². The maximum atomic E-state index is 12.6. The SMILES string of the molecule is C[C@@]1(C(N)=O)CCCN1C(=O)Nc1ncc(-c2ccnc(C3CCC3)c2)s1. The number of likely N-dealkylation sites (tertiary alicyclic amines) is 1. The number of hydrogen-bond acceptors (Lipinski definition) is 5. The third kappa shape index (κ3) is 3.29. The second-order valence-corrected chi connectivity index (χ2v) is 8.48. The minimum atomic E-state index is -0.938. The third-order valence-electron chi connectivity index (χ3n) is 5.73. The quantitative estimate of drug-likeness (QED) is 0.843. The van der Waals surface area contributed by atoms with Crippen molar-refractivity contribution in [2.24, 2.45) is 5.73 Å². The van der Waals surface area contributed by atoms with Gasteiger partial charge in [-0.25, -0.2) is 9.78 Å². The molecule has 2 aromatic heterocycles. The molecule has 8 heteroatoms. The minimum absolute atomic E-state index is 0.334. The molecule has 0 unspecified atom stereocenters. The van der Waals surface area contributed by atoms with Crippen LogP contribution < -0.4 is 11.1 Å². The lowest BCUT2D eigenvalue weighted by molar-refractivity contribution is -0.126. The Labute approximate surface area is 162 Å². The number of rotatable bonds is 4. The number of nitrogens with zero attached hydrogens (tertiary/aromatic N) is 3. The Balaban J connectivity index is 1.48. The van der Waals surface area contributed by atoms with Crippen LogP contribution in [0.1, 0.15) is 50.6 Å². The summed E-state index contributed by atoms with van der Waals surface area (Å²) in [6.45, 7) is 2.23. The Morgan fingerprint density at radius 1 is 1.33 bits per heavy atom. The number of amides is 3. The van der Waals surface area contributed by atoms with Crippen LogP contribution in [0.4, 0.5) is 9.93 Å². The van der Waals surface area contributed by atoms with Gasteiger partial charge in [0, 0.05) is 30.6 Å². The van der Waals surface area contributed by atoms with Crippen LogP contribution in [0.2, 0.25) is 0 Å². The molecule has 2 aliphatic rings. The fraction of sp³-hybridized carbons (Fsp3) is 0.474. The first-order valence-electron chi connectivity index (χ1n) is 9.28. The van der Waals surface area contributed by atoms with Crippen molar-refractivity contribution in [3.05, 3.63) is 30.2 Å². The molecule has 142 valence electrons. The predicted octanol–water partition coefficient (Wildman–Crippen LogP) is 3.34. The van der Waals surface area contributed by atoms with Crippen LogP contribution in [0.15, 0.2) is 24.5 Å². The van der Waals surface area contributed by atoms with Gasteiger partial charge in [0.25, 0.3) is 0 Å². The van der Waals surface area contributed by atoms with Gasteiger partial charge in [-0.2, -0.15) is 0 Å². The molecule has 1 saturated heterocycles. The van der Waals surface area contributed by atoms with E-state index in [2.05, 4.69) is 21.4 Å². The molecule has 4 rings (SSSR count). The Morgan fingerprint density at radius 3 is 2.85 bits per heavy atom. The van der Waals surface area contributed by atoms with E-state index in [-0.39, 0.29) is 6.03 Å². The first-order chi connectivity index (χ1) is 13.0. The summed E-state index contributed by atoms with van der Waals surface area (Å²) in [5, 5.41) is 3.32. The summed E-state index contributed by atoms with van der Waals surface area (Å²) < 4.78 is 0. The fourth-order valence-corrected chi connectivity index (χ4v) is 4.50. The average molecular weight is 385 g/mol. The Bertz CT molecular complexity index is 878. The van der Waals surface area contributed by atoms with Gasteiger partial charge in [0.2, 0.25) is 5.91 Å². The monoisotopic (exact) mass is 385 g/mol. The van der Waals surface area contributed by atoms with E-state index in [1.807, 2.05) is 12.3 Å². The fourth-order valence-electron chi connectivity index (χ4n) is 3.70. The topological polar surface area (TPSA) is 101 Å². The van der Waals surface area contributed by atoms with Crippen LogP contribution >= 0.6 is 11.3 Å². The molecular formula is C19H23N5O2S. The zero-order valence-electron chi connectivity index (χ0n) is 15.3. The normalized spacial score (nSPS) is 22.5. The van der Waals surface area contributed by atoms with Gasteiger partial charge in [0.05, 0.1) is 4.88 Å². The van der Waals surface area contributed by atoms with E-state index in [1.165, 1.54) is 35.5 Å². The lowest BCUT2D eigenvalue weighted by atomic mass is 9.82. The highest BCUT2D eigenvalue weighted by molar-refractivity contribution is 7.19. The van der Waals surface area contributed by atoms with E-state index in [1.54, 1.807) is 13.1 Å². The van der Waals surface area contributed by atoms with Crippen molar-refractivity contribution in [1.29, 1.82) is 0 Å². The zero-order chi connectivity index (χ0) is 19.0. The number of nitrogens with one attached hydrogen (secondary N) is 1. The van der Waals surface area contributed by atoms with Gasteiger partial charge in [0.15, 0.2) is 5.13 Å². The summed E-state index contributed by atoms with van der Waals surface area (Å²) in [4.78, 5) is 35.7. The summed E-state index contributed by atoms with van der Waals surface area (Å²) >= 11 is 1.41. The minimum Gasteiger partial charge on any atom is -0.368 e. The highest BCUT2D eigenvalue weighted by Gasteiger charge is 2.44. The number of anilines is 1. The zero-order valence-corrected chi connectivity index (χ0v) is 16.1. The molecule has 3 heterocycles. The number of aromatic nitrogens is 2. The van der Waals surface area contributed by atoms with Crippen LogP contribution in [-0.4, -0.2) is 38.9 Å². The summed E-state index contributed by atoms with van der Waals surface area (Å²) in [7, 11) is 0. The van der Waals surface area contributed by atoms with Gasteiger partial charge in [-0.3, -0.25) is 15.1 Å². The molecule has 1 atom stereocenters. The molecule has 1 aliphatic heterocycles. The van der Waals surface area contributed by atoms with Crippen molar-refractivity contribution < 1.29 is 9.59 Å². The van der Waals surface area contributed by atoms with Gasteiger partial charge in [-0.15, -0.1) is 0 Å². The van der Waals surface area contributed by atoms with Crippen LogP contribution in [0.25, 0.3) is 10.4 Å². The largest absolute Gasteiger partial charge is 0.368 e. The van der Waals surface area contributed by atoms with Crippen LogP contribution in [-0.2, 0) is 4.79 Å². The van der Waals surface area contributed by atoms with Crippen molar-refractivity contribution in [2.45, 2.75) is 50.5 Å². The average Bonchev–Trinajstić information content (AvgIpc) is 3.21.